The lowest BCUT2D eigenvalue weighted by Crippen LogP contribution is -2.43. The lowest BCUT2D eigenvalue weighted by molar-refractivity contribution is 0.203. The van der Waals surface area contributed by atoms with Crippen molar-refractivity contribution in [2.45, 2.75) is 6.04 Å². The standard InChI is InChI=1S/C13H19N5O/c1-17-5-4-14-6-10(17)9-8-18(2)13-12(9)16-11(19-3)7-15-13/h7-8,10,14H,4-6H2,1-3H3. The maximum absolute atomic E-state index is 5.19. The number of likely N-dealkylation sites (N-methyl/N-ethyl adjacent to an activating group) is 1. The van der Waals surface area contributed by atoms with Gasteiger partial charge in [-0.25, -0.2) is 9.97 Å². The van der Waals surface area contributed by atoms with Crippen LogP contribution in [0.2, 0.25) is 0 Å². The lowest BCUT2D eigenvalue weighted by atomic mass is 10.1. The summed E-state index contributed by atoms with van der Waals surface area (Å²) in [5.74, 6) is 0.561. The van der Waals surface area contributed by atoms with Crippen molar-refractivity contribution in [1.29, 1.82) is 0 Å². The van der Waals surface area contributed by atoms with Crippen LogP contribution in [0.3, 0.4) is 0 Å². The predicted octanol–water partition coefficient (Wildman–Crippen LogP) is 0.553. The Labute approximate surface area is 112 Å². The van der Waals surface area contributed by atoms with Crippen LogP contribution in [0.5, 0.6) is 5.88 Å². The third kappa shape index (κ3) is 2.06. The van der Waals surface area contributed by atoms with E-state index in [1.54, 1.807) is 13.3 Å². The van der Waals surface area contributed by atoms with Gasteiger partial charge in [-0.3, -0.25) is 4.90 Å². The zero-order valence-electron chi connectivity index (χ0n) is 11.6. The Morgan fingerprint density at radius 1 is 1.42 bits per heavy atom. The first-order valence-corrected chi connectivity index (χ1v) is 6.47. The van der Waals surface area contributed by atoms with E-state index in [1.807, 2.05) is 11.6 Å². The minimum Gasteiger partial charge on any atom is -0.480 e. The number of piperazine rings is 1. The summed E-state index contributed by atoms with van der Waals surface area (Å²) in [6.07, 6.45) is 3.78. The molecule has 1 atom stereocenters. The molecule has 0 aromatic carbocycles. The van der Waals surface area contributed by atoms with E-state index in [0.29, 0.717) is 11.9 Å². The molecule has 0 aliphatic carbocycles. The summed E-state index contributed by atoms with van der Waals surface area (Å²) in [6.45, 7) is 3.01. The normalized spacial score (nSPS) is 20.9. The van der Waals surface area contributed by atoms with Gasteiger partial charge in [0.25, 0.3) is 0 Å². The van der Waals surface area contributed by atoms with Crippen LogP contribution in [0.25, 0.3) is 11.2 Å². The minimum atomic E-state index is 0.332. The Kier molecular flexibility index (Phi) is 3.12. The molecule has 19 heavy (non-hydrogen) atoms. The summed E-state index contributed by atoms with van der Waals surface area (Å²) in [6, 6.07) is 0.332. The molecule has 1 N–H and O–H groups in total. The highest BCUT2D eigenvalue weighted by Gasteiger charge is 2.25. The number of ether oxygens (including phenoxy) is 1. The second kappa shape index (κ2) is 4.79. The van der Waals surface area contributed by atoms with Crippen molar-refractivity contribution in [3.63, 3.8) is 0 Å². The molecule has 102 valence electrons. The maximum Gasteiger partial charge on any atom is 0.232 e. The van der Waals surface area contributed by atoms with Gasteiger partial charge in [0.15, 0.2) is 5.65 Å². The minimum absolute atomic E-state index is 0.332. The zero-order valence-corrected chi connectivity index (χ0v) is 11.6. The van der Waals surface area contributed by atoms with Crippen molar-refractivity contribution < 1.29 is 4.74 Å². The first-order chi connectivity index (χ1) is 9.20. The number of methoxy groups -OCH3 is 1. The fourth-order valence-electron chi connectivity index (χ4n) is 2.64. The molecule has 0 radical (unpaired) electrons. The van der Waals surface area contributed by atoms with Gasteiger partial charge in [0, 0.05) is 38.4 Å². The Morgan fingerprint density at radius 3 is 3.00 bits per heavy atom. The number of hydrogen-bond donors (Lipinski definition) is 1. The molecule has 1 aliphatic heterocycles. The molecule has 6 nitrogen and oxygen atoms in total. The summed E-state index contributed by atoms with van der Waals surface area (Å²) in [4.78, 5) is 11.3. The number of fused-ring (bicyclic) bond motifs is 1. The average Bonchev–Trinajstić information content (AvgIpc) is 2.76. The van der Waals surface area contributed by atoms with Crippen LogP contribution in [-0.2, 0) is 7.05 Å². The molecule has 0 amide bonds. The highest BCUT2D eigenvalue weighted by atomic mass is 16.5. The molecular formula is C13H19N5O. The third-order valence-electron chi connectivity index (χ3n) is 3.75. The Hall–Kier alpha value is -1.66. The largest absolute Gasteiger partial charge is 0.480 e. The van der Waals surface area contributed by atoms with Crippen LogP contribution in [0, 0.1) is 0 Å². The van der Waals surface area contributed by atoms with E-state index in [4.69, 9.17) is 4.74 Å². The van der Waals surface area contributed by atoms with Gasteiger partial charge in [0.2, 0.25) is 5.88 Å². The monoisotopic (exact) mass is 261 g/mol. The predicted molar refractivity (Wildman–Crippen MR) is 73.3 cm³/mol. The van der Waals surface area contributed by atoms with Crippen LogP contribution in [0.1, 0.15) is 11.6 Å². The molecule has 1 unspecified atom stereocenters. The SMILES string of the molecule is COc1cnc2c(n1)c(C1CNCCN1C)cn2C. The number of hydrogen-bond acceptors (Lipinski definition) is 5. The van der Waals surface area contributed by atoms with Gasteiger partial charge in [-0.05, 0) is 7.05 Å². The van der Waals surface area contributed by atoms with Crippen molar-refractivity contribution >= 4 is 11.2 Å². The van der Waals surface area contributed by atoms with E-state index >= 15 is 0 Å². The maximum atomic E-state index is 5.19. The number of aromatic nitrogens is 3. The smallest absolute Gasteiger partial charge is 0.232 e. The molecule has 3 heterocycles. The van der Waals surface area contributed by atoms with Crippen molar-refractivity contribution in [3.8, 4) is 5.88 Å². The third-order valence-corrected chi connectivity index (χ3v) is 3.75. The summed E-state index contributed by atoms with van der Waals surface area (Å²) in [5.41, 5.74) is 3.04. The van der Waals surface area contributed by atoms with E-state index in [2.05, 4.69) is 33.4 Å². The average molecular weight is 261 g/mol. The summed E-state index contributed by atoms with van der Waals surface area (Å²) < 4.78 is 7.22. The Balaban J connectivity index is 2.11. The van der Waals surface area contributed by atoms with Crippen LogP contribution in [0.15, 0.2) is 12.4 Å². The molecular weight excluding hydrogens is 242 g/mol. The molecule has 2 aromatic heterocycles. The van der Waals surface area contributed by atoms with Crippen molar-refractivity contribution in [2.75, 3.05) is 33.8 Å². The summed E-state index contributed by atoms with van der Waals surface area (Å²) >= 11 is 0. The molecule has 2 aromatic rings. The van der Waals surface area contributed by atoms with Crippen LogP contribution in [-0.4, -0.2) is 53.2 Å². The first kappa shape index (κ1) is 12.4. The lowest BCUT2D eigenvalue weighted by Gasteiger charge is -2.32. The highest BCUT2D eigenvalue weighted by molar-refractivity contribution is 5.77. The van der Waals surface area contributed by atoms with E-state index in [0.717, 1.165) is 30.8 Å². The molecule has 0 spiro atoms. The van der Waals surface area contributed by atoms with Crippen LogP contribution < -0.4 is 10.1 Å². The summed E-state index contributed by atoms with van der Waals surface area (Å²) in [7, 11) is 5.77. The molecule has 1 fully saturated rings. The fourth-order valence-corrected chi connectivity index (χ4v) is 2.64. The van der Waals surface area contributed by atoms with E-state index in [1.165, 1.54) is 5.56 Å². The van der Waals surface area contributed by atoms with E-state index in [9.17, 15) is 0 Å². The molecule has 1 aliphatic rings. The quantitative estimate of drug-likeness (QED) is 0.855. The Morgan fingerprint density at radius 2 is 2.26 bits per heavy atom. The topological polar surface area (TPSA) is 55.2 Å². The van der Waals surface area contributed by atoms with E-state index in [-0.39, 0.29) is 0 Å². The van der Waals surface area contributed by atoms with Gasteiger partial charge in [0.05, 0.1) is 19.3 Å². The second-order valence-electron chi connectivity index (χ2n) is 4.98. The molecule has 6 heteroatoms. The van der Waals surface area contributed by atoms with Crippen molar-refractivity contribution in [2.24, 2.45) is 7.05 Å². The second-order valence-corrected chi connectivity index (χ2v) is 4.98. The van der Waals surface area contributed by atoms with Gasteiger partial charge in [0.1, 0.15) is 5.52 Å². The first-order valence-electron chi connectivity index (χ1n) is 6.47. The highest BCUT2D eigenvalue weighted by Crippen LogP contribution is 2.28. The van der Waals surface area contributed by atoms with Gasteiger partial charge < -0.3 is 14.6 Å². The van der Waals surface area contributed by atoms with Crippen molar-refractivity contribution in [1.82, 2.24) is 24.8 Å². The number of aryl methyl sites for hydroxylation is 1. The summed E-state index contributed by atoms with van der Waals surface area (Å²) in [5, 5.41) is 3.44. The number of rotatable bonds is 2. The fraction of sp³-hybridized carbons (Fsp3) is 0.538. The van der Waals surface area contributed by atoms with Crippen LogP contribution >= 0.6 is 0 Å². The number of nitrogens with zero attached hydrogens (tertiary/aromatic N) is 4. The van der Waals surface area contributed by atoms with E-state index < -0.39 is 0 Å². The molecule has 1 saturated heterocycles. The van der Waals surface area contributed by atoms with Gasteiger partial charge in [-0.2, -0.15) is 0 Å². The van der Waals surface area contributed by atoms with Gasteiger partial charge in [-0.15, -0.1) is 0 Å². The van der Waals surface area contributed by atoms with Gasteiger partial charge in [-0.1, -0.05) is 0 Å². The van der Waals surface area contributed by atoms with Gasteiger partial charge >= 0.3 is 0 Å². The molecule has 0 saturated carbocycles. The number of nitrogens with one attached hydrogen (secondary N) is 1. The van der Waals surface area contributed by atoms with Crippen LogP contribution in [0.4, 0.5) is 0 Å². The molecule has 3 rings (SSSR count). The Bertz CT molecular complexity index is 594. The molecule has 0 bridgehead atoms. The zero-order chi connectivity index (χ0) is 13.4. The van der Waals surface area contributed by atoms with Crippen molar-refractivity contribution in [3.05, 3.63) is 18.0 Å².